The molecule has 1 aromatic heterocycles. The fraction of sp³-hybridized carbons (Fsp3) is 0.167. The normalized spacial score (nSPS) is 13.2. The summed E-state index contributed by atoms with van der Waals surface area (Å²) >= 11 is 7.30. The Morgan fingerprint density at radius 3 is 2.52 bits per heavy atom. The molecule has 0 aliphatic rings. The molecule has 128 valence electrons. The zero-order valence-corrected chi connectivity index (χ0v) is 15.1. The molecule has 0 fully saturated rings. The van der Waals surface area contributed by atoms with Crippen LogP contribution in [-0.4, -0.2) is 21.6 Å². The number of fused-ring (bicyclic) bond motifs is 1. The van der Waals surface area contributed by atoms with Crippen LogP contribution >= 0.6 is 22.9 Å². The highest BCUT2D eigenvalue weighted by molar-refractivity contribution is 7.16. The van der Waals surface area contributed by atoms with Gasteiger partial charge in [0.25, 0.3) is 5.91 Å². The van der Waals surface area contributed by atoms with E-state index in [1.54, 1.807) is 37.3 Å². The van der Waals surface area contributed by atoms with E-state index in [-0.39, 0.29) is 0 Å². The topological polar surface area (TPSA) is 71.7 Å². The van der Waals surface area contributed by atoms with E-state index in [0.29, 0.717) is 20.9 Å². The SMILES string of the molecule is Cc1ccc(C(=O)N=c2sc3ccc(Cl)cc3n2C(C)C(=O)O)cc1. The average molecular weight is 375 g/mol. The van der Waals surface area contributed by atoms with Gasteiger partial charge in [0, 0.05) is 10.6 Å². The summed E-state index contributed by atoms with van der Waals surface area (Å²) in [7, 11) is 0. The lowest BCUT2D eigenvalue weighted by Crippen LogP contribution is -2.25. The average Bonchev–Trinajstić information content (AvgIpc) is 2.91. The highest BCUT2D eigenvalue weighted by atomic mass is 35.5. The van der Waals surface area contributed by atoms with Gasteiger partial charge in [-0.05, 0) is 44.2 Å². The third kappa shape index (κ3) is 3.50. The van der Waals surface area contributed by atoms with Crippen molar-refractivity contribution in [3.63, 3.8) is 0 Å². The summed E-state index contributed by atoms with van der Waals surface area (Å²) in [4.78, 5) is 28.5. The number of benzene rings is 2. The molecular weight excluding hydrogens is 360 g/mol. The molecule has 0 saturated carbocycles. The Hall–Kier alpha value is -2.44. The van der Waals surface area contributed by atoms with Gasteiger partial charge in [0.1, 0.15) is 6.04 Å². The van der Waals surface area contributed by atoms with Crippen molar-refractivity contribution in [2.75, 3.05) is 0 Å². The molecule has 7 heteroatoms. The molecule has 25 heavy (non-hydrogen) atoms. The first-order chi connectivity index (χ1) is 11.9. The molecule has 0 radical (unpaired) electrons. The van der Waals surface area contributed by atoms with E-state index in [0.717, 1.165) is 10.3 Å². The van der Waals surface area contributed by atoms with Crippen LogP contribution in [-0.2, 0) is 4.79 Å². The number of hydrogen-bond donors (Lipinski definition) is 1. The molecule has 1 amide bonds. The Morgan fingerprint density at radius 1 is 1.20 bits per heavy atom. The Bertz CT molecular complexity index is 1030. The highest BCUT2D eigenvalue weighted by Crippen LogP contribution is 2.24. The summed E-state index contributed by atoms with van der Waals surface area (Å²) in [5.74, 6) is -1.42. The maximum atomic E-state index is 12.5. The van der Waals surface area contributed by atoms with E-state index >= 15 is 0 Å². The van der Waals surface area contributed by atoms with Crippen molar-refractivity contribution in [3.05, 3.63) is 63.4 Å². The number of carboxylic acids is 1. The molecule has 0 spiro atoms. The maximum Gasteiger partial charge on any atom is 0.326 e. The third-order valence-corrected chi connectivity index (χ3v) is 5.10. The number of aliphatic carboxylic acids is 1. The Morgan fingerprint density at radius 2 is 1.88 bits per heavy atom. The number of carboxylic acid groups (broad SMARTS) is 1. The van der Waals surface area contributed by atoms with Gasteiger partial charge in [-0.3, -0.25) is 4.79 Å². The number of aryl methyl sites for hydroxylation is 1. The van der Waals surface area contributed by atoms with Crippen LogP contribution in [0.4, 0.5) is 0 Å². The molecule has 0 saturated heterocycles. The first kappa shape index (κ1) is 17.4. The Balaban J connectivity index is 2.20. The van der Waals surface area contributed by atoms with Crippen LogP contribution in [0.2, 0.25) is 5.02 Å². The minimum absolute atomic E-state index is 0.331. The van der Waals surface area contributed by atoms with E-state index in [9.17, 15) is 14.7 Å². The number of carbonyl (C=O) groups is 2. The van der Waals surface area contributed by atoms with Gasteiger partial charge in [-0.1, -0.05) is 40.6 Å². The molecule has 1 unspecified atom stereocenters. The molecule has 0 aliphatic carbocycles. The number of halogens is 1. The molecule has 3 rings (SSSR count). The second-order valence-corrected chi connectivity index (χ2v) is 7.11. The standard InChI is InChI=1S/C18H15ClN2O3S/c1-10-3-5-12(6-4-10)16(22)20-18-21(11(2)17(23)24)14-9-13(19)7-8-15(14)25-18/h3-9,11H,1-2H3,(H,23,24). The second-order valence-electron chi connectivity index (χ2n) is 5.66. The first-order valence-corrected chi connectivity index (χ1v) is 8.75. The van der Waals surface area contributed by atoms with Gasteiger partial charge in [-0.25, -0.2) is 4.79 Å². The van der Waals surface area contributed by atoms with E-state index < -0.39 is 17.9 Å². The van der Waals surface area contributed by atoms with Crippen molar-refractivity contribution in [2.45, 2.75) is 19.9 Å². The van der Waals surface area contributed by atoms with Crippen molar-refractivity contribution >= 4 is 45.0 Å². The molecular formula is C18H15ClN2O3S. The number of carbonyl (C=O) groups excluding carboxylic acids is 1. The number of nitrogens with zero attached hydrogens (tertiary/aromatic N) is 2. The van der Waals surface area contributed by atoms with Gasteiger partial charge in [-0.15, -0.1) is 0 Å². The first-order valence-electron chi connectivity index (χ1n) is 7.56. The van der Waals surface area contributed by atoms with Crippen LogP contribution in [0.25, 0.3) is 10.2 Å². The zero-order valence-electron chi connectivity index (χ0n) is 13.6. The van der Waals surface area contributed by atoms with Crippen LogP contribution in [0, 0.1) is 6.92 Å². The smallest absolute Gasteiger partial charge is 0.326 e. The molecule has 5 nitrogen and oxygen atoms in total. The second kappa shape index (κ2) is 6.82. The van der Waals surface area contributed by atoms with Crippen molar-refractivity contribution < 1.29 is 14.7 Å². The maximum absolute atomic E-state index is 12.5. The van der Waals surface area contributed by atoms with E-state index in [1.165, 1.54) is 15.9 Å². The molecule has 3 aromatic rings. The van der Waals surface area contributed by atoms with Gasteiger partial charge in [0.2, 0.25) is 0 Å². The zero-order chi connectivity index (χ0) is 18.1. The summed E-state index contributed by atoms with van der Waals surface area (Å²) < 4.78 is 2.34. The number of hydrogen-bond acceptors (Lipinski definition) is 3. The van der Waals surface area contributed by atoms with Gasteiger partial charge in [0.05, 0.1) is 10.2 Å². The Kier molecular flexibility index (Phi) is 4.74. The summed E-state index contributed by atoms with van der Waals surface area (Å²) in [6, 6.07) is 11.4. The van der Waals surface area contributed by atoms with Crippen LogP contribution in [0.15, 0.2) is 47.5 Å². The fourth-order valence-corrected chi connectivity index (χ4v) is 3.67. The lowest BCUT2D eigenvalue weighted by Gasteiger charge is -2.10. The number of aromatic nitrogens is 1. The lowest BCUT2D eigenvalue weighted by molar-refractivity contribution is -0.140. The molecule has 1 N–H and O–H groups in total. The predicted molar refractivity (Wildman–Crippen MR) is 98.2 cm³/mol. The van der Waals surface area contributed by atoms with Crippen molar-refractivity contribution in [1.29, 1.82) is 0 Å². The van der Waals surface area contributed by atoms with E-state index in [4.69, 9.17) is 11.6 Å². The minimum Gasteiger partial charge on any atom is -0.480 e. The quantitative estimate of drug-likeness (QED) is 0.751. The lowest BCUT2D eigenvalue weighted by atomic mass is 10.1. The molecule has 0 bridgehead atoms. The predicted octanol–water partition coefficient (Wildman–Crippen LogP) is 4.05. The van der Waals surface area contributed by atoms with Gasteiger partial charge < -0.3 is 9.67 Å². The highest BCUT2D eigenvalue weighted by Gasteiger charge is 2.19. The van der Waals surface area contributed by atoms with Gasteiger partial charge in [0.15, 0.2) is 4.80 Å². The number of rotatable bonds is 3. The van der Waals surface area contributed by atoms with Crippen LogP contribution in [0.5, 0.6) is 0 Å². The molecule has 1 heterocycles. The Labute approximate surface area is 152 Å². The van der Waals surface area contributed by atoms with E-state index in [2.05, 4.69) is 4.99 Å². The summed E-state index contributed by atoms with van der Waals surface area (Å²) in [5, 5.41) is 9.91. The molecule has 2 aromatic carbocycles. The monoisotopic (exact) mass is 374 g/mol. The summed E-state index contributed by atoms with van der Waals surface area (Å²) in [6.07, 6.45) is 0. The summed E-state index contributed by atoms with van der Waals surface area (Å²) in [6.45, 7) is 3.48. The fourth-order valence-electron chi connectivity index (χ4n) is 2.42. The minimum atomic E-state index is -1.01. The molecule has 1 atom stereocenters. The van der Waals surface area contributed by atoms with Crippen LogP contribution < -0.4 is 4.80 Å². The summed E-state index contributed by atoms with van der Waals surface area (Å²) in [5.41, 5.74) is 2.14. The largest absolute Gasteiger partial charge is 0.480 e. The van der Waals surface area contributed by atoms with Crippen molar-refractivity contribution in [1.82, 2.24) is 4.57 Å². The van der Waals surface area contributed by atoms with E-state index in [1.807, 2.05) is 19.1 Å². The van der Waals surface area contributed by atoms with Crippen molar-refractivity contribution in [3.8, 4) is 0 Å². The van der Waals surface area contributed by atoms with Gasteiger partial charge >= 0.3 is 5.97 Å². The van der Waals surface area contributed by atoms with Gasteiger partial charge in [-0.2, -0.15) is 4.99 Å². The van der Waals surface area contributed by atoms with Crippen LogP contribution in [0.1, 0.15) is 28.9 Å². The number of thiazole rings is 1. The third-order valence-electron chi connectivity index (χ3n) is 3.83. The van der Waals surface area contributed by atoms with Crippen molar-refractivity contribution in [2.24, 2.45) is 4.99 Å². The number of amides is 1. The van der Waals surface area contributed by atoms with Crippen LogP contribution in [0.3, 0.4) is 0 Å². The molecule has 0 aliphatic heterocycles.